The number of aromatic nitrogens is 1. The van der Waals surface area contributed by atoms with E-state index in [4.69, 9.17) is 0 Å². The number of hydrogen-bond donors (Lipinski definition) is 1. The van der Waals surface area contributed by atoms with Crippen molar-refractivity contribution in [2.75, 3.05) is 19.4 Å². The number of nitrogens with zero attached hydrogens (tertiary/aromatic N) is 2. The Hall–Kier alpha value is -1.40. The minimum Gasteiger partial charge on any atom is -0.387 e. The molecule has 6 heteroatoms. The summed E-state index contributed by atoms with van der Waals surface area (Å²) >= 11 is 5.05. The standard InChI is InChI=1S/C14H16BrN3OS/c1-9-4-12(16-2)11(6-17-9)14(19)18(3)7-10-5-13(15)20-8-10/h4-6,8H,7H2,1-3H3,(H,16,17). The zero-order valence-electron chi connectivity index (χ0n) is 11.6. The monoisotopic (exact) mass is 353 g/mol. The van der Waals surface area contributed by atoms with Crippen LogP contribution in [0.5, 0.6) is 0 Å². The van der Waals surface area contributed by atoms with Gasteiger partial charge in [0, 0.05) is 32.5 Å². The first-order chi connectivity index (χ1) is 9.51. The smallest absolute Gasteiger partial charge is 0.257 e. The number of carbonyl (C=O) groups excluding carboxylic acids is 1. The van der Waals surface area contributed by atoms with Crippen LogP contribution in [0.25, 0.3) is 0 Å². The second-order valence-electron chi connectivity index (χ2n) is 4.54. The Bertz CT molecular complexity index is 627. The minimum atomic E-state index is -0.0378. The molecule has 0 aliphatic carbocycles. The van der Waals surface area contributed by atoms with Crippen LogP contribution in [0.3, 0.4) is 0 Å². The van der Waals surface area contributed by atoms with Crippen molar-refractivity contribution < 1.29 is 4.79 Å². The number of halogens is 1. The van der Waals surface area contributed by atoms with E-state index in [1.54, 1.807) is 29.5 Å². The summed E-state index contributed by atoms with van der Waals surface area (Å²) in [5, 5.41) is 5.09. The second-order valence-corrected chi connectivity index (χ2v) is 6.83. The molecule has 2 aromatic rings. The Morgan fingerprint density at radius 1 is 1.50 bits per heavy atom. The summed E-state index contributed by atoms with van der Waals surface area (Å²) in [6.45, 7) is 2.49. The van der Waals surface area contributed by atoms with Gasteiger partial charge in [-0.3, -0.25) is 9.78 Å². The van der Waals surface area contributed by atoms with E-state index in [-0.39, 0.29) is 5.91 Å². The fraction of sp³-hybridized carbons (Fsp3) is 0.286. The van der Waals surface area contributed by atoms with Crippen LogP contribution >= 0.6 is 27.3 Å². The summed E-state index contributed by atoms with van der Waals surface area (Å²) in [7, 11) is 3.61. The molecule has 0 aliphatic rings. The zero-order valence-corrected chi connectivity index (χ0v) is 14.0. The highest BCUT2D eigenvalue weighted by Crippen LogP contribution is 2.23. The number of pyridine rings is 1. The molecule has 2 aromatic heterocycles. The van der Waals surface area contributed by atoms with E-state index >= 15 is 0 Å². The number of rotatable bonds is 4. The van der Waals surface area contributed by atoms with Gasteiger partial charge in [-0.25, -0.2) is 0 Å². The van der Waals surface area contributed by atoms with Crippen LogP contribution in [-0.4, -0.2) is 29.9 Å². The fourth-order valence-corrected chi connectivity index (χ4v) is 3.12. The van der Waals surface area contributed by atoms with E-state index in [9.17, 15) is 4.79 Å². The van der Waals surface area contributed by atoms with E-state index in [0.29, 0.717) is 12.1 Å². The highest BCUT2D eigenvalue weighted by atomic mass is 79.9. The molecule has 0 spiro atoms. The first-order valence-electron chi connectivity index (χ1n) is 6.14. The molecular formula is C14H16BrN3OS. The van der Waals surface area contributed by atoms with Gasteiger partial charge in [0.2, 0.25) is 0 Å². The molecule has 0 bridgehead atoms. The van der Waals surface area contributed by atoms with Crippen molar-refractivity contribution in [3.8, 4) is 0 Å². The molecule has 2 rings (SSSR count). The van der Waals surface area contributed by atoms with Crippen molar-refractivity contribution in [2.24, 2.45) is 0 Å². The molecule has 0 radical (unpaired) electrons. The summed E-state index contributed by atoms with van der Waals surface area (Å²) in [6.07, 6.45) is 1.63. The molecule has 0 unspecified atom stereocenters. The van der Waals surface area contributed by atoms with Crippen molar-refractivity contribution >= 4 is 38.9 Å². The predicted molar refractivity (Wildman–Crippen MR) is 86.3 cm³/mol. The largest absolute Gasteiger partial charge is 0.387 e. The molecule has 0 saturated heterocycles. The van der Waals surface area contributed by atoms with Crippen molar-refractivity contribution in [1.29, 1.82) is 0 Å². The van der Waals surface area contributed by atoms with Gasteiger partial charge in [-0.1, -0.05) is 0 Å². The molecule has 0 aliphatic heterocycles. The third kappa shape index (κ3) is 3.37. The van der Waals surface area contributed by atoms with Crippen molar-refractivity contribution in [3.63, 3.8) is 0 Å². The van der Waals surface area contributed by atoms with Crippen molar-refractivity contribution in [1.82, 2.24) is 9.88 Å². The molecule has 0 aromatic carbocycles. The summed E-state index contributed by atoms with van der Waals surface area (Å²) in [5.41, 5.74) is 3.40. The van der Waals surface area contributed by atoms with Crippen molar-refractivity contribution in [3.05, 3.63) is 44.3 Å². The SMILES string of the molecule is CNc1cc(C)ncc1C(=O)N(C)Cc1csc(Br)c1. The maximum Gasteiger partial charge on any atom is 0.257 e. The Morgan fingerprint density at radius 2 is 2.25 bits per heavy atom. The molecule has 20 heavy (non-hydrogen) atoms. The average Bonchev–Trinajstić information content (AvgIpc) is 2.83. The molecule has 0 atom stereocenters. The van der Waals surface area contributed by atoms with E-state index in [1.165, 1.54) is 0 Å². The normalized spacial score (nSPS) is 10.4. The topological polar surface area (TPSA) is 45.2 Å². The van der Waals surface area contributed by atoms with E-state index < -0.39 is 0 Å². The van der Waals surface area contributed by atoms with Crippen molar-refractivity contribution in [2.45, 2.75) is 13.5 Å². The number of amides is 1. The molecule has 2 heterocycles. The second kappa shape index (κ2) is 6.37. The van der Waals surface area contributed by atoms with Gasteiger partial charge in [-0.15, -0.1) is 11.3 Å². The maximum absolute atomic E-state index is 12.5. The minimum absolute atomic E-state index is 0.0378. The van der Waals surface area contributed by atoms with Crippen LogP contribution in [0, 0.1) is 6.92 Å². The van der Waals surface area contributed by atoms with E-state index in [0.717, 1.165) is 20.7 Å². The first kappa shape index (κ1) is 15.0. The number of nitrogens with one attached hydrogen (secondary N) is 1. The third-order valence-electron chi connectivity index (χ3n) is 2.93. The Kier molecular flexibility index (Phi) is 4.77. The zero-order chi connectivity index (χ0) is 14.7. The van der Waals surface area contributed by atoms with Crippen LogP contribution in [-0.2, 0) is 6.54 Å². The third-order valence-corrected chi connectivity index (χ3v) is 4.48. The summed E-state index contributed by atoms with van der Waals surface area (Å²) in [6, 6.07) is 3.91. The van der Waals surface area contributed by atoms with Gasteiger partial charge < -0.3 is 10.2 Å². The molecular weight excluding hydrogens is 338 g/mol. The lowest BCUT2D eigenvalue weighted by molar-refractivity contribution is 0.0786. The van der Waals surface area contributed by atoms with Gasteiger partial charge in [0.25, 0.3) is 5.91 Å². The maximum atomic E-state index is 12.5. The summed E-state index contributed by atoms with van der Waals surface area (Å²) < 4.78 is 1.07. The van der Waals surface area contributed by atoms with Crippen LogP contribution in [0.4, 0.5) is 5.69 Å². The first-order valence-corrected chi connectivity index (χ1v) is 7.81. The van der Waals surface area contributed by atoms with Gasteiger partial charge in [-0.05, 0) is 45.9 Å². The van der Waals surface area contributed by atoms with Crippen LogP contribution in [0.2, 0.25) is 0 Å². The summed E-state index contributed by atoms with van der Waals surface area (Å²) in [4.78, 5) is 18.4. The number of carbonyl (C=O) groups is 1. The Balaban J connectivity index is 2.18. The van der Waals surface area contributed by atoms with Gasteiger partial charge in [-0.2, -0.15) is 0 Å². The molecule has 0 saturated carbocycles. The Labute approximate surface area is 131 Å². The molecule has 1 N–H and O–H groups in total. The summed E-state index contributed by atoms with van der Waals surface area (Å²) in [5.74, 6) is -0.0378. The molecule has 0 fully saturated rings. The highest BCUT2D eigenvalue weighted by molar-refractivity contribution is 9.11. The van der Waals surface area contributed by atoms with Crippen LogP contribution in [0.15, 0.2) is 27.5 Å². The Morgan fingerprint density at radius 3 is 2.85 bits per heavy atom. The van der Waals surface area contributed by atoms with Crippen LogP contribution in [0.1, 0.15) is 21.6 Å². The number of aryl methyl sites for hydroxylation is 1. The predicted octanol–water partition coefficient (Wildman–Crippen LogP) is 3.53. The molecule has 106 valence electrons. The number of hydrogen-bond acceptors (Lipinski definition) is 4. The number of thiophene rings is 1. The average molecular weight is 354 g/mol. The van der Waals surface area contributed by atoms with Gasteiger partial charge in [0.05, 0.1) is 15.0 Å². The molecule has 4 nitrogen and oxygen atoms in total. The fourth-order valence-electron chi connectivity index (χ4n) is 1.92. The highest BCUT2D eigenvalue weighted by Gasteiger charge is 2.16. The lowest BCUT2D eigenvalue weighted by Gasteiger charge is -2.18. The van der Waals surface area contributed by atoms with Crippen LogP contribution < -0.4 is 5.32 Å². The number of anilines is 1. The van der Waals surface area contributed by atoms with Gasteiger partial charge in [0.1, 0.15) is 0 Å². The van der Waals surface area contributed by atoms with Gasteiger partial charge in [0.15, 0.2) is 0 Å². The molecule has 1 amide bonds. The lowest BCUT2D eigenvalue weighted by Crippen LogP contribution is -2.27. The van der Waals surface area contributed by atoms with E-state index in [1.807, 2.05) is 31.5 Å². The van der Waals surface area contributed by atoms with E-state index in [2.05, 4.69) is 26.2 Å². The quantitative estimate of drug-likeness (QED) is 0.914. The van der Waals surface area contributed by atoms with Gasteiger partial charge >= 0.3 is 0 Å². The lowest BCUT2D eigenvalue weighted by atomic mass is 10.2.